The molecule has 2 N–H and O–H groups in total. The number of nitrogens with one attached hydrogen (secondary N) is 2. The van der Waals surface area contributed by atoms with E-state index >= 15 is 0 Å². The van der Waals surface area contributed by atoms with Gasteiger partial charge < -0.3 is 15.4 Å². The first-order valence-electron chi connectivity index (χ1n) is 6.72. The van der Waals surface area contributed by atoms with Crippen LogP contribution in [0, 0.1) is 0 Å². The van der Waals surface area contributed by atoms with E-state index in [1.54, 1.807) is 0 Å². The second kappa shape index (κ2) is 11.9. The van der Waals surface area contributed by atoms with E-state index in [2.05, 4.69) is 15.5 Å². The second-order valence-corrected chi connectivity index (χ2v) is 5.96. The summed E-state index contributed by atoms with van der Waals surface area (Å²) in [6.07, 6.45) is 0.524. The lowest BCUT2D eigenvalue weighted by Crippen LogP contribution is -2.45. The molecule has 0 aromatic carbocycles. The van der Waals surface area contributed by atoms with Crippen LogP contribution in [0.15, 0.2) is 0 Å². The van der Waals surface area contributed by atoms with Gasteiger partial charge in [0.05, 0.1) is 13.2 Å². The van der Waals surface area contributed by atoms with Crippen LogP contribution < -0.4 is 10.6 Å². The molecule has 2 aliphatic heterocycles. The third-order valence-electron chi connectivity index (χ3n) is 3.28. The van der Waals surface area contributed by atoms with Crippen LogP contribution in [0.3, 0.4) is 0 Å². The van der Waals surface area contributed by atoms with Crippen LogP contribution in [-0.4, -0.2) is 74.3 Å². The minimum absolute atomic E-state index is 0. The van der Waals surface area contributed by atoms with Crippen LogP contribution in [0.1, 0.15) is 6.42 Å². The summed E-state index contributed by atoms with van der Waals surface area (Å²) in [6, 6.07) is 0.185. The molecule has 0 bridgehead atoms. The van der Waals surface area contributed by atoms with Gasteiger partial charge in [0.25, 0.3) is 0 Å². The molecule has 0 aliphatic carbocycles. The van der Waals surface area contributed by atoms with Crippen LogP contribution in [0.2, 0.25) is 0 Å². The second-order valence-electron chi connectivity index (χ2n) is 4.73. The monoisotopic (exact) mass is 345 g/mol. The molecule has 0 aromatic rings. The molecule has 20 heavy (non-hydrogen) atoms. The Labute approximate surface area is 137 Å². The van der Waals surface area contributed by atoms with Gasteiger partial charge in [0.2, 0.25) is 5.91 Å². The standard InChI is InChI=1S/C12H23N3O2S.2ClH/c16-12(9-11-10-17-6-2-13-11)14-1-3-15-4-7-18-8-5-15;;/h11,13H,1-10H2,(H,14,16);2*1H. The summed E-state index contributed by atoms with van der Waals surface area (Å²) in [7, 11) is 0. The Hall–Kier alpha value is 0.280. The number of nitrogens with zero attached hydrogens (tertiary/aromatic N) is 1. The molecule has 0 saturated carbocycles. The summed E-state index contributed by atoms with van der Waals surface area (Å²) < 4.78 is 5.33. The molecule has 0 spiro atoms. The first kappa shape index (κ1) is 20.3. The predicted molar refractivity (Wildman–Crippen MR) is 88.5 cm³/mol. The molecule has 1 atom stereocenters. The number of carbonyl (C=O) groups excluding carboxylic acids is 1. The number of ether oxygens (including phenoxy) is 1. The van der Waals surface area contributed by atoms with Crippen molar-refractivity contribution in [2.45, 2.75) is 12.5 Å². The van der Waals surface area contributed by atoms with Crippen LogP contribution in [0.25, 0.3) is 0 Å². The van der Waals surface area contributed by atoms with Gasteiger partial charge in [0.1, 0.15) is 0 Å². The molecule has 2 heterocycles. The summed E-state index contributed by atoms with van der Waals surface area (Å²) >= 11 is 2.01. The van der Waals surface area contributed by atoms with E-state index in [-0.39, 0.29) is 36.8 Å². The molecule has 0 radical (unpaired) electrons. The first-order chi connectivity index (χ1) is 8.84. The van der Waals surface area contributed by atoms with Gasteiger partial charge in [0, 0.05) is 56.7 Å². The maximum atomic E-state index is 11.7. The van der Waals surface area contributed by atoms with Gasteiger partial charge in [-0.15, -0.1) is 24.8 Å². The summed E-state index contributed by atoms with van der Waals surface area (Å²) in [5.74, 6) is 2.57. The van der Waals surface area contributed by atoms with Crippen molar-refractivity contribution in [1.29, 1.82) is 0 Å². The first-order valence-corrected chi connectivity index (χ1v) is 7.88. The van der Waals surface area contributed by atoms with E-state index in [0.29, 0.717) is 13.0 Å². The van der Waals surface area contributed by atoms with Crippen molar-refractivity contribution in [3.63, 3.8) is 0 Å². The number of hydrogen-bond acceptors (Lipinski definition) is 5. The van der Waals surface area contributed by atoms with Crippen molar-refractivity contribution in [3.8, 4) is 0 Å². The van der Waals surface area contributed by atoms with Gasteiger partial charge in [-0.05, 0) is 0 Å². The van der Waals surface area contributed by atoms with E-state index in [4.69, 9.17) is 4.74 Å². The number of carbonyl (C=O) groups is 1. The Morgan fingerprint density at radius 3 is 2.75 bits per heavy atom. The maximum absolute atomic E-state index is 11.7. The Balaban J connectivity index is 0.00000180. The van der Waals surface area contributed by atoms with Gasteiger partial charge in [-0.25, -0.2) is 0 Å². The Morgan fingerprint density at radius 2 is 2.10 bits per heavy atom. The van der Waals surface area contributed by atoms with Crippen LogP contribution >= 0.6 is 36.6 Å². The number of morpholine rings is 1. The summed E-state index contributed by atoms with van der Waals surface area (Å²) in [5.41, 5.74) is 0. The van der Waals surface area contributed by atoms with Crippen LogP contribution in [0.4, 0.5) is 0 Å². The normalized spacial score (nSPS) is 23.3. The SMILES string of the molecule is Cl.Cl.O=C(CC1COCCN1)NCCN1CCSCC1. The minimum atomic E-state index is 0. The third kappa shape index (κ3) is 7.90. The number of halogens is 2. The Kier molecular flexibility index (Phi) is 12.1. The number of thioether (sulfide) groups is 1. The molecular weight excluding hydrogens is 321 g/mol. The van der Waals surface area contributed by atoms with E-state index in [1.807, 2.05) is 11.8 Å². The fourth-order valence-corrected chi connectivity index (χ4v) is 3.20. The molecule has 1 unspecified atom stereocenters. The maximum Gasteiger partial charge on any atom is 0.221 e. The minimum Gasteiger partial charge on any atom is -0.378 e. The van der Waals surface area contributed by atoms with Crippen molar-refractivity contribution in [2.75, 3.05) is 57.4 Å². The molecule has 2 saturated heterocycles. The van der Waals surface area contributed by atoms with Gasteiger partial charge in [0.15, 0.2) is 0 Å². The predicted octanol–water partition coefficient (Wildman–Crippen LogP) is 0.374. The van der Waals surface area contributed by atoms with Crippen molar-refractivity contribution in [1.82, 2.24) is 15.5 Å². The zero-order chi connectivity index (χ0) is 12.6. The highest BCUT2D eigenvalue weighted by Gasteiger charge is 2.16. The quantitative estimate of drug-likeness (QED) is 0.754. The van der Waals surface area contributed by atoms with E-state index in [9.17, 15) is 4.79 Å². The molecule has 8 heteroatoms. The van der Waals surface area contributed by atoms with Gasteiger partial charge in [-0.1, -0.05) is 0 Å². The fourth-order valence-electron chi connectivity index (χ4n) is 2.22. The molecule has 2 fully saturated rings. The Bertz CT molecular complexity index is 263. The molecule has 5 nitrogen and oxygen atoms in total. The molecule has 2 rings (SSSR count). The Morgan fingerprint density at radius 1 is 1.35 bits per heavy atom. The fraction of sp³-hybridized carbons (Fsp3) is 0.917. The highest BCUT2D eigenvalue weighted by Crippen LogP contribution is 2.07. The van der Waals surface area contributed by atoms with E-state index < -0.39 is 0 Å². The molecular formula is C12H25Cl2N3O2S. The molecule has 120 valence electrons. The van der Waals surface area contributed by atoms with E-state index in [0.717, 1.165) is 39.3 Å². The average molecular weight is 346 g/mol. The van der Waals surface area contributed by atoms with E-state index in [1.165, 1.54) is 11.5 Å². The summed E-state index contributed by atoms with van der Waals surface area (Å²) in [5, 5.41) is 6.29. The van der Waals surface area contributed by atoms with Crippen molar-refractivity contribution in [2.24, 2.45) is 0 Å². The molecule has 2 aliphatic rings. The zero-order valence-electron chi connectivity index (χ0n) is 11.6. The van der Waals surface area contributed by atoms with Gasteiger partial charge in [-0.2, -0.15) is 11.8 Å². The lowest BCUT2D eigenvalue weighted by atomic mass is 10.2. The largest absolute Gasteiger partial charge is 0.378 e. The summed E-state index contributed by atoms with van der Waals surface area (Å²) in [6.45, 7) is 6.29. The number of rotatable bonds is 5. The molecule has 0 aromatic heterocycles. The topological polar surface area (TPSA) is 53.6 Å². The highest BCUT2D eigenvalue weighted by molar-refractivity contribution is 7.99. The smallest absolute Gasteiger partial charge is 0.221 e. The third-order valence-corrected chi connectivity index (χ3v) is 4.23. The summed E-state index contributed by atoms with van der Waals surface area (Å²) in [4.78, 5) is 14.1. The van der Waals surface area contributed by atoms with Crippen LogP contribution in [-0.2, 0) is 9.53 Å². The van der Waals surface area contributed by atoms with Crippen molar-refractivity contribution < 1.29 is 9.53 Å². The molecule has 1 amide bonds. The number of amides is 1. The average Bonchev–Trinajstić information content (AvgIpc) is 2.41. The zero-order valence-corrected chi connectivity index (χ0v) is 14.1. The lowest BCUT2D eigenvalue weighted by Gasteiger charge is -2.26. The van der Waals surface area contributed by atoms with Crippen molar-refractivity contribution >= 4 is 42.5 Å². The van der Waals surface area contributed by atoms with Gasteiger partial charge in [-0.3, -0.25) is 9.69 Å². The highest BCUT2D eigenvalue weighted by atomic mass is 35.5. The van der Waals surface area contributed by atoms with Crippen LogP contribution in [0.5, 0.6) is 0 Å². The lowest BCUT2D eigenvalue weighted by molar-refractivity contribution is -0.122. The van der Waals surface area contributed by atoms with Gasteiger partial charge >= 0.3 is 0 Å². The number of hydrogen-bond donors (Lipinski definition) is 2. The van der Waals surface area contributed by atoms with Crippen molar-refractivity contribution in [3.05, 3.63) is 0 Å².